The van der Waals surface area contributed by atoms with E-state index in [-0.39, 0.29) is 30.0 Å². The van der Waals surface area contributed by atoms with Gasteiger partial charge >= 0.3 is 0 Å². The molecule has 92 valence electrons. The van der Waals surface area contributed by atoms with E-state index >= 15 is 0 Å². The zero-order valence-corrected chi connectivity index (χ0v) is 10.1. The molecule has 16 heavy (non-hydrogen) atoms. The summed E-state index contributed by atoms with van der Waals surface area (Å²) >= 11 is 0. The van der Waals surface area contributed by atoms with Crippen molar-refractivity contribution in [2.24, 2.45) is 11.7 Å². The summed E-state index contributed by atoms with van der Waals surface area (Å²) in [6, 6.07) is 0.0652. The second kappa shape index (κ2) is 4.34. The molecule has 2 aliphatic rings. The normalized spacial score (nSPS) is 35.6. The lowest BCUT2D eigenvalue weighted by atomic mass is 9.96. The third kappa shape index (κ3) is 1.96. The third-order valence-corrected chi connectivity index (χ3v) is 3.97. The molecule has 2 saturated heterocycles. The Balaban J connectivity index is 2.08. The highest BCUT2D eigenvalue weighted by molar-refractivity contribution is 5.83. The molecule has 0 aromatic heterocycles. The summed E-state index contributed by atoms with van der Waals surface area (Å²) in [5.41, 5.74) is 5.92. The predicted octanol–water partition coefficient (Wildman–Crippen LogP) is 0.484. The Morgan fingerprint density at radius 2 is 1.81 bits per heavy atom. The maximum absolute atomic E-state index is 12.2. The number of hydrogen-bond acceptors (Lipinski definition) is 3. The smallest absolute Gasteiger partial charge is 0.240 e. The van der Waals surface area contributed by atoms with Crippen molar-refractivity contribution in [3.63, 3.8) is 0 Å². The summed E-state index contributed by atoms with van der Waals surface area (Å²) in [5, 5.41) is 9.67. The fourth-order valence-electron chi connectivity index (χ4n) is 2.97. The van der Waals surface area contributed by atoms with Crippen molar-refractivity contribution >= 4 is 5.91 Å². The number of nitrogens with two attached hydrogens (primary N) is 1. The van der Waals surface area contributed by atoms with E-state index in [1.54, 1.807) is 0 Å². The Hall–Kier alpha value is -0.610. The van der Waals surface area contributed by atoms with Crippen LogP contribution in [-0.2, 0) is 4.79 Å². The molecule has 0 spiro atoms. The molecule has 2 fully saturated rings. The Morgan fingerprint density at radius 1 is 1.31 bits per heavy atom. The number of nitrogens with zero attached hydrogens (tertiary/aromatic N) is 1. The lowest BCUT2D eigenvalue weighted by molar-refractivity contribution is -0.139. The van der Waals surface area contributed by atoms with Crippen LogP contribution in [0.4, 0.5) is 0 Å². The van der Waals surface area contributed by atoms with Gasteiger partial charge in [0.25, 0.3) is 0 Å². The Labute approximate surface area is 96.8 Å². The minimum atomic E-state index is -0.390. The molecule has 0 aliphatic carbocycles. The quantitative estimate of drug-likeness (QED) is 0.720. The topological polar surface area (TPSA) is 66.6 Å². The molecular weight excluding hydrogens is 204 g/mol. The van der Waals surface area contributed by atoms with Crippen molar-refractivity contribution in [1.29, 1.82) is 0 Å². The number of aliphatic hydroxyl groups excluding tert-OH is 1. The molecule has 2 heterocycles. The highest BCUT2D eigenvalue weighted by Crippen LogP contribution is 2.36. The van der Waals surface area contributed by atoms with Crippen LogP contribution in [0.15, 0.2) is 0 Å². The SMILES string of the molecule is CC(C)[C@@H](N)C(=O)N1C2CCC1CC(O)C2. The van der Waals surface area contributed by atoms with Gasteiger partial charge < -0.3 is 15.7 Å². The van der Waals surface area contributed by atoms with Crippen LogP contribution < -0.4 is 5.73 Å². The number of carbonyl (C=O) groups excluding carboxylic acids is 1. The van der Waals surface area contributed by atoms with Crippen molar-refractivity contribution in [2.75, 3.05) is 0 Å². The highest BCUT2D eigenvalue weighted by atomic mass is 16.3. The monoisotopic (exact) mass is 226 g/mol. The molecule has 0 aromatic rings. The number of amides is 1. The van der Waals surface area contributed by atoms with Crippen molar-refractivity contribution in [3.8, 4) is 0 Å². The van der Waals surface area contributed by atoms with Gasteiger partial charge in [0, 0.05) is 12.1 Å². The molecular formula is C12H22N2O2. The van der Waals surface area contributed by atoms with Crippen LogP contribution in [0.5, 0.6) is 0 Å². The first kappa shape index (κ1) is 11.9. The number of piperidine rings is 1. The molecule has 0 radical (unpaired) electrons. The van der Waals surface area contributed by atoms with Crippen molar-refractivity contribution in [3.05, 3.63) is 0 Å². The van der Waals surface area contributed by atoms with Gasteiger partial charge in [-0.15, -0.1) is 0 Å². The lowest BCUT2D eigenvalue weighted by Crippen LogP contribution is -2.54. The molecule has 4 heteroatoms. The van der Waals surface area contributed by atoms with Crippen molar-refractivity contribution in [2.45, 2.75) is 63.8 Å². The molecule has 0 saturated carbocycles. The first-order chi connectivity index (χ1) is 7.50. The third-order valence-electron chi connectivity index (χ3n) is 3.97. The second-order valence-electron chi connectivity index (χ2n) is 5.53. The Kier molecular flexibility index (Phi) is 3.22. The molecule has 2 aliphatic heterocycles. The first-order valence-corrected chi connectivity index (χ1v) is 6.26. The maximum atomic E-state index is 12.2. The van der Waals surface area contributed by atoms with Crippen LogP contribution in [-0.4, -0.2) is 40.1 Å². The van der Waals surface area contributed by atoms with Crippen LogP contribution in [0.3, 0.4) is 0 Å². The minimum Gasteiger partial charge on any atom is -0.393 e. The van der Waals surface area contributed by atoms with Gasteiger partial charge in [-0.1, -0.05) is 13.8 Å². The predicted molar refractivity (Wildman–Crippen MR) is 61.7 cm³/mol. The zero-order valence-electron chi connectivity index (χ0n) is 10.1. The van der Waals surface area contributed by atoms with Crippen LogP contribution in [0.25, 0.3) is 0 Å². The molecule has 0 aromatic carbocycles. The van der Waals surface area contributed by atoms with E-state index in [0.29, 0.717) is 0 Å². The number of aliphatic hydroxyl groups is 1. The molecule has 4 nitrogen and oxygen atoms in total. The van der Waals surface area contributed by atoms with Crippen molar-refractivity contribution < 1.29 is 9.90 Å². The first-order valence-electron chi connectivity index (χ1n) is 6.26. The Bertz CT molecular complexity index is 266. The molecule has 1 amide bonds. The average Bonchev–Trinajstić information content (AvgIpc) is 2.49. The van der Waals surface area contributed by atoms with Gasteiger partial charge in [-0.25, -0.2) is 0 Å². The average molecular weight is 226 g/mol. The molecule has 2 bridgehead atoms. The van der Waals surface area contributed by atoms with Gasteiger partial charge in [0.1, 0.15) is 0 Å². The van der Waals surface area contributed by atoms with Crippen LogP contribution in [0.2, 0.25) is 0 Å². The summed E-state index contributed by atoms with van der Waals surface area (Å²) in [6.07, 6.45) is 3.29. The minimum absolute atomic E-state index is 0.0781. The Morgan fingerprint density at radius 3 is 2.25 bits per heavy atom. The van der Waals surface area contributed by atoms with Gasteiger partial charge in [0.15, 0.2) is 0 Å². The fraction of sp³-hybridized carbons (Fsp3) is 0.917. The standard InChI is InChI=1S/C12H22N2O2/c1-7(2)11(13)12(16)14-8-3-4-9(14)6-10(15)5-8/h7-11,15H,3-6,13H2,1-2H3/t8?,9?,10?,11-/m1/s1. The summed E-state index contributed by atoms with van der Waals surface area (Å²) in [6.45, 7) is 3.95. The van der Waals surface area contributed by atoms with Gasteiger partial charge in [-0.2, -0.15) is 0 Å². The summed E-state index contributed by atoms with van der Waals surface area (Å²) < 4.78 is 0. The molecule has 3 N–H and O–H groups in total. The second-order valence-corrected chi connectivity index (χ2v) is 5.53. The van der Waals surface area contributed by atoms with E-state index in [9.17, 15) is 9.90 Å². The van der Waals surface area contributed by atoms with E-state index in [1.807, 2.05) is 18.7 Å². The van der Waals surface area contributed by atoms with Gasteiger partial charge in [-0.3, -0.25) is 4.79 Å². The summed E-state index contributed by atoms with van der Waals surface area (Å²) in [7, 11) is 0. The van der Waals surface area contributed by atoms with E-state index in [0.717, 1.165) is 25.7 Å². The van der Waals surface area contributed by atoms with E-state index in [1.165, 1.54) is 0 Å². The van der Waals surface area contributed by atoms with Crippen LogP contribution >= 0.6 is 0 Å². The molecule has 2 rings (SSSR count). The number of fused-ring (bicyclic) bond motifs is 2. The van der Waals surface area contributed by atoms with Crippen LogP contribution in [0.1, 0.15) is 39.5 Å². The molecule has 3 atom stereocenters. The van der Waals surface area contributed by atoms with Crippen molar-refractivity contribution in [1.82, 2.24) is 4.90 Å². The fourth-order valence-corrected chi connectivity index (χ4v) is 2.97. The van der Waals surface area contributed by atoms with Gasteiger partial charge in [0.05, 0.1) is 12.1 Å². The zero-order chi connectivity index (χ0) is 11.9. The van der Waals surface area contributed by atoms with E-state index < -0.39 is 6.04 Å². The summed E-state index contributed by atoms with van der Waals surface area (Å²) in [5.74, 6) is 0.258. The van der Waals surface area contributed by atoms with E-state index in [4.69, 9.17) is 5.73 Å². The highest BCUT2D eigenvalue weighted by Gasteiger charge is 2.44. The van der Waals surface area contributed by atoms with Gasteiger partial charge in [-0.05, 0) is 31.6 Å². The molecule has 2 unspecified atom stereocenters. The van der Waals surface area contributed by atoms with Gasteiger partial charge in [0.2, 0.25) is 5.91 Å². The number of rotatable bonds is 2. The lowest BCUT2D eigenvalue weighted by Gasteiger charge is -2.39. The largest absolute Gasteiger partial charge is 0.393 e. The number of carbonyl (C=O) groups is 1. The number of hydrogen-bond donors (Lipinski definition) is 2. The summed E-state index contributed by atoms with van der Waals surface area (Å²) in [4.78, 5) is 14.2. The van der Waals surface area contributed by atoms with Crippen LogP contribution in [0, 0.1) is 5.92 Å². The van der Waals surface area contributed by atoms with E-state index in [2.05, 4.69) is 0 Å². The maximum Gasteiger partial charge on any atom is 0.240 e.